The summed E-state index contributed by atoms with van der Waals surface area (Å²) in [6.07, 6.45) is 0.864. The molecule has 0 bridgehead atoms. The molecule has 0 amide bonds. The van der Waals surface area contributed by atoms with E-state index < -0.39 is 20.9 Å². The van der Waals surface area contributed by atoms with Gasteiger partial charge >= 0.3 is 5.97 Å². The predicted molar refractivity (Wildman–Crippen MR) is 119 cm³/mol. The highest BCUT2D eigenvalue weighted by Gasteiger charge is 2.26. The van der Waals surface area contributed by atoms with Gasteiger partial charge in [-0.3, -0.25) is 14.8 Å². The molecule has 10 heteroatoms. The summed E-state index contributed by atoms with van der Waals surface area (Å²) in [5, 5.41) is 12.8. The van der Waals surface area contributed by atoms with Crippen LogP contribution in [0.1, 0.15) is 29.8 Å². The molecular formula is C21H20N2O6S2. The van der Waals surface area contributed by atoms with E-state index in [9.17, 15) is 23.3 Å². The topological polar surface area (TPSA) is 116 Å². The van der Waals surface area contributed by atoms with E-state index in [2.05, 4.69) is 4.72 Å². The molecule has 0 aliphatic carbocycles. The van der Waals surface area contributed by atoms with E-state index in [1.54, 1.807) is 12.3 Å². The number of hydrogen-bond donors (Lipinski definition) is 1. The third kappa shape index (κ3) is 4.92. The molecule has 1 N–H and O–H groups in total. The van der Waals surface area contributed by atoms with E-state index in [1.807, 2.05) is 31.2 Å². The lowest BCUT2D eigenvalue weighted by atomic mass is 10.0. The van der Waals surface area contributed by atoms with Gasteiger partial charge < -0.3 is 4.74 Å². The third-order valence-corrected chi connectivity index (χ3v) is 6.88. The number of thiophene rings is 1. The van der Waals surface area contributed by atoms with Gasteiger partial charge in [0.2, 0.25) is 0 Å². The van der Waals surface area contributed by atoms with Crippen LogP contribution in [0.2, 0.25) is 0 Å². The molecule has 1 aromatic heterocycles. The fraction of sp³-hybridized carbons (Fsp3) is 0.190. The maximum absolute atomic E-state index is 12.9. The maximum Gasteiger partial charge on any atom is 0.341 e. The van der Waals surface area contributed by atoms with Gasteiger partial charge in [-0.2, -0.15) is 0 Å². The van der Waals surface area contributed by atoms with Crippen LogP contribution in [-0.4, -0.2) is 25.9 Å². The zero-order chi connectivity index (χ0) is 22.6. The van der Waals surface area contributed by atoms with Gasteiger partial charge in [0.15, 0.2) is 0 Å². The highest BCUT2D eigenvalue weighted by molar-refractivity contribution is 7.93. The molecule has 0 fully saturated rings. The number of benzene rings is 2. The van der Waals surface area contributed by atoms with E-state index in [-0.39, 0.29) is 27.8 Å². The smallest absolute Gasteiger partial charge is 0.341 e. The van der Waals surface area contributed by atoms with Crippen LogP contribution < -0.4 is 4.72 Å². The second kappa shape index (κ2) is 9.27. The largest absolute Gasteiger partial charge is 0.462 e. The van der Waals surface area contributed by atoms with Gasteiger partial charge in [0.1, 0.15) is 10.6 Å². The SMILES string of the molecule is CCOC(=O)c1c(-c2ccc(CC)cc2)csc1NS(=O)(=O)c1cccc([N+](=O)[O-])c1. The minimum Gasteiger partial charge on any atom is -0.462 e. The molecular weight excluding hydrogens is 440 g/mol. The fourth-order valence-electron chi connectivity index (χ4n) is 2.92. The summed E-state index contributed by atoms with van der Waals surface area (Å²) in [4.78, 5) is 22.7. The van der Waals surface area contributed by atoms with Crippen molar-refractivity contribution in [1.82, 2.24) is 0 Å². The number of nitro benzene ring substituents is 1. The first-order chi connectivity index (χ1) is 14.8. The Morgan fingerprint density at radius 2 is 1.87 bits per heavy atom. The molecule has 162 valence electrons. The molecule has 0 aliphatic heterocycles. The van der Waals surface area contributed by atoms with Crippen molar-refractivity contribution in [3.05, 3.63) is 75.2 Å². The second-order valence-electron chi connectivity index (χ2n) is 6.48. The van der Waals surface area contributed by atoms with Crippen molar-refractivity contribution in [2.24, 2.45) is 0 Å². The molecule has 31 heavy (non-hydrogen) atoms. The van der Waals surface area contributed by atoms with Gasteiger partial charge in [0.05, 0.1) is 16.4 Å². The first kappa shape index (κ1) is 22.4. The highest BCUT2D eigenvalue weighted by atomic mass is 32.2. The monoisotopic (exact) mass is 460 g/mol. The Hall–Kier alpha value is -3.24. The average molecular weight is 461 g/mol. The summed E-state index contributed by atoms with van der Waals surface area (Å²) >= 11 is 1.04. The minimum atomic E-state index is -4.17. The first-order valence-corrected chi connectivity index (χ1v) is 11.8. The van der Waals surface area contributed by atoms with Gasteiger partial charge in [-0.1, -0.05) is 37.3 Å². The Morgan fingerprint density at radius 1 is 1.16 bits per heavy atom. The van der Waals surface area contributed by atoms with Crippen molar-refractivity contribution in [3.63, 3.8) is 0 Å². The van der Waals surface area contributed by atoms with Crippen LogP contribution in [0.3, 0.4) is 0 Å². The number of rotatable bonds is 8. The molecule has 3 aromatic rings. The number of nitro groups is 1. The van der Waals surface area contributed by atoms with Crippen LogP contribution in [-0.2, 0) is 21.2 Å². The molecule has 0 radical (unpaired) electrons. The lowest BCUT2D eigenvalue weighted by molar-refractivity contribution is -0.385. The van der Waals surface area contributed by atoms with Crippen molar-refractivity contribution in [1.29, 1.82) is 0 Å². The Kier molecular flexibility index (Phi) is 6.71. The Balaban J connectivity index is 2.04. The number of carbonyl (C=O) groups excluding carboxylic acids is 1. The van der Waals surface area contributed by atoms with Gasteiger partial charge in [-0.15, -0.1) is 11.3 Å². The molecule has 0 atom stereocenters. The van der Waals surface area contributed by atoms with Crippen molar-refractivity contribution in [3.8, 4) is 11.1 Å². The summed E-state index contributed by atoms with van der Waals surface area (Å²) in [5.74, 6) is -0.657. The Morgan fingerprint density at radius 3 is 2.48 bits per heavy atom. The van der Waals surface area contributed by atoms with Crippen molar-refractivity contribution in [2.45, 2.75) is 25.2 Å². The van der Waals surface area contributed by atoms with Crippen molar-refractivity contribution < 1.29 is 22.9 Å². The zero-order valence-corrected chi connectivity index (χ0v) is 18.5. The van der Waals surface area contributed by atoms with Gasteiger partial charge in [-0.25, -0.2) is 13.2 Å². The summed E-state index contributed by atoms with van der Waals surface area (Å²) in [7, 11) is -4.17. The molecule has 2 aromatic carbocycles. The summed E-state index contributed by atoms with van der Waals surface area (Å²) in [6.45, 7) is 3.82. The lowest BCUT2D eigenvalue weighted by Gasteiger charge is -2.10. The predicted octanol–water partition coefficient (Wildman–Crippen LogP) is 4.86. The normalized spacial score (nSPS) is 11.2. The van der Waals surface area contributed by atoms with Crippen LogP contribution in [0.15, 0.2) is 58.8 Å². The van der Waals surface area contributed by atoms with E-state index >= 15 is 0 Å². The number of hydrogen-bond acceptors (Lipinski definition) is 7. The minimum absolute atomic E-state index is 0.0829. The lowest BCUT2D eigenvalue weighted by Crippen LogP contribution is -2.15. The standard InChI is InChI=1S/C21H20N2O6S2/c1-3-14-8-10-15(11-9-14)18-13-30-20(19(18)21(24)29-4-2)22-31(27,28)17-7-5-6-16(12-17)23(25)26/h5-13,22H,3-4H2,1-2H3. The molecule has 0 saturated carbocycles. The number of aryl methyl sites for hydroxylation is 1. The van der Waals surface area contributed by atoms with E-state index in [4.69, 9.17) is 4.74 Å². The van der Waals surface area contributed by atoms with E-state index in [1.165, 1.54) is 18.2 Å². The quantitative estimate of drug-likeness (QED) is 0.291. The van der Waals surface area contributed by atoms with Gasteiger partial charge in [0, 0.05) is 23.1 Å². The molecule has 0 aliphatic rings. The number of anilines is 1. The molecule has 3 rings (SSSR count). The van der Waals surface area contributed by atoms with Crippen molar-refractivity contribution in [2.75, 3.05) is 11.3 Å². The number of nitrogens with one attached hydrogen (secondary N) is 1. The molecule has 1 heterocycles. The molecule has 0 saturated heterocycles. The van der Waals surface area contributed by atoms with Crippen LogP contribution in [0.4, 0.5) is 10.7 Å². The number of nitrogens with zero attached hydrogens (tertiary/aromatic N) is 1. The van der Waals surface area contributed by atoms with Crippen LogP contribution in [0, 0.1) is 10.1 Å². The van der Waals surface area contributed by atoms with Crippen LogP contribution in [0.25, 0.3) is 11.1 Å². The second-order valence-corrected chi connectivity index (χ2v) is 9.05. The summed E-state index contributed by atoms with van der Waals surface area (Å²) in [5.41, 5.74) is 2.17. The summed E-state index contributed by atoms with van der Waals surface area (Å²) < 4.78 is 33.3. The van der Waals surface area contributed by atoms with E-state index in [0.717, 1.165) is 35.0 Å². The molecule has 8 nitrogen and oxygen atoms in total. The molecule has 0 spiro atoms. The zero-order valence-electron chi connectivity index (χ0n) is 16.8. The maximum atomic E-state index is 12.9. The van der Waals surface area contributed by atoms with E-state index in [0.29, 0.717) is 5.56 Å². The Bertz CT molecular complexity index is 1220. The van der Waals surface area contributed by atoms with Crippen LogP contribution >= 0.6 is 11.3 Å². The highest BCUT2D eigenvalue weighted by Crippen LogP contribution is 2.37. The third-order valence-electron chi connectivity index (χ3n) is 4.51. The van der Waals surface area contributed by atoms with Gasteiger partial charge in [-0.05, 0) is 30.5 Å². The number of carbonyl (C=O) groups is 1. The molecule has 0 unspecified atom stereocenters. The fourth-order valence-corrected chi connectivity index (χ4v) is 5.24. The number of sulfonamides is 1. The first-order valence-electron chi connectivity index (χ1n) is 9.42. The summed E-state index contributed by atoms with van der Waals surface area (Å²) in [6, 6.07) is 12.3. The van der Waals surface area contributed by atoms with Gasteiger partial charge in [0.25, 0.3) is 15.7 Å². The van der Waals surface area contributed by atoms with Crippen LogP contribution in [0.5, 0.6) is 0 Å². The average Bonchev–Trinajstić information content (AvgIpc) is 3.17. The number of esters is 1. The number of non-ortho nitro benzene ring substituents is 1. The van der Waals surface area contributed by atoms with Crippen molar-refractivity contribution >= 4 is 38.0 Å². The number of ether oxygens (including phenoxy) is 1. The Labute approximate surface area is 183 Å².